The molecule has 0 fully saturated rings. The molecule has 5 aromatic heterocycles. The van der Waals surface area contributed by atoms with Gasteiger partial charge >= 0.3 is 0 Å². The number of aromatic amines is 4. The van der Waals surface area contributed by atoms with Gasteiger partial charge in [0.2, 0.25) is 0 Å². The number of rotatable bonds is 5. The molecule has 0 radical (unpaired) electrons. The predicted molar refractivity (Wildman–Crippen MR) is 231 cm³/mol. The minimum absolute atomic E-state index is 0. The summed E-state index contributed by atoms with van der Waals surface area (Å²) in [6, 6.07) is 38.0. The van der Waals surface area contributed by atoms with Crippen LogP contribution in [0.5, 0.6) is 5.75 Å². The van der Waals surface area contributed by atoms with Crippen molar-refractivity contribution in [2.75, 3.05) is 6.61 Å². The molecule has 258 valence electrons. The molecule has 10 heteroatoms. The van der Waals surface area contributed by atoms with Gasteiger partial charge < -0.3 is 24.7 Å². The van der Waals surface area contributed by atoms with Crippen molar-refractivity contribution in [1.82, 2.24) is 24.9 Å². The molecule has 0 amide bonds. The zero-order valence-electron chi connectivity index (χ0n) is 27.2. The third-order valence-corrected chi connectivity index (χ3v) is 8.82. The molecule has 0 atom stereocenters. The molecule has 0 unspecified atom stereocenters. The smallest absolute Gasteiger partial charge is 0.119 e. The summed E-state index contributed by atoms with van der Waals surface area (Å²) in [5, 5.41) is 9.00. The summed E-state index contributed by atoms with van der Waals surface area (Å²) < 4.78 is 6.07. The number of nitrogens with one attached hydrogen (secondary N) is 4. The summed E-state index contributed by atoms with van der Waals surface area (Å²) in [5.74, 6) is 0.841. The van der Waals surface area contributed by atoms with Crippen LogP contribution in [0.25, 0.3) is 57.0 Å². The second kappa shape index (κ2) is 16.3. The molecule has 4 N–H and O–H groups in total. The van der Waals surface area contributed by atoms with Crippen LogP contribution in [0.1, 0.15) is 28.5 Å². The van der Waals surface area contributed by atoms with Gasteiger partial charge in [0.05, 0.1) is 6.61 Å². The number of ether oxygens (including phenoxy) is 1. The van der Waals surface area contributed by atoms with Gasteiger partial charge in [-0.1, -0.05) is 54.6 Å². The lowest BCUT2D eigenvalue weighted by molar-refractivity contribution is 0.320. The van der Waals surface area contributed by atoms with E-state index in [-0.39, 0.29) is 67.9 Å². The molecule has 1 aliphatic heterocycles. The van der Waals surface area contributed by atoms with Crippen molar-refractivity contribution in [3.8, 4) is 16.9 Å². The molecule has 0 aliphatic carbocycles. The Morgan fingerprint density at radius 1 is 0.549 bits per heavy atom. The maximum Gasteiger partial charge on any atom is 0.119 e. The second-order valence-electron chi connectivity index (χ2n) is 12.0. The normalized spacial score (nSPS) is 11.3. The van der Waals surface area contributed by atoms with Gasteiger partial charge in [0.25, 0.3) is 0 Å². The van der Waals surface area contributed by atoms with E-state index in [1.54, 1.807) is 0 Å². The number of halogens is 4. The first-order valence-electron chi connectivity index (χ1n) is 15.9. The fourth-order valence-corrected chi connectivity index (χ4v) is 6.59. The number of hydrogen-bond donors (Lipinski definition) is 4. The second-order valence-corrected chi connectivity index (χ2v) is 12.0. The van der Waals surface area contributed by atoms with Crippen molar-refractivity contribution >= 4 is 114 Å². The van der Waals surface area contributed by atoms with Crippen molar-refractivity contribution < 1.29 is 4.74 Å². The molecule has 1 aliphatic rings. The molecular weight excluding hydrogens is 898 g/mol. The molecule has 6 nitrogen and oxygen atoms in total. The first kappa shape index (κ1) is 37.9. The Bertz CT molecular complexity index is 2670. The van der Waals surface area contributed by atoms with E-state index in [1.165, 1.54) is 21.5 Å². The monoisotopic (exact) mass is 929 g/mol. The average Bonchev–Trinajstić information content (AvgIpc) is 3.90. The molecule has 8 bridgehead atoms. The number of benzene rings is 3. The summed E-state index contributed by atoms with van der Waals surface area (Å²) in [6.07, 6.45) is 11.3. The fraction of sp³-hybridized carbons (Fsp3) is 0.0488. The Labute approximate surface area is 336 Å². The van der Waals surface area contributed by atoms with E-state index in [9.17, 15) is 0 Å². The van der Waals surface area contributed by atoms with Crippen LogP contribution in [0, 0.1) is 0 Å². The molecule has 51 heavy (non-hydrogen) atoms. The molecule has 3 aromatic carbocycles. The van der Waals surface area contributed by atoms with Crippen LogP contribution in [0.2, 0.25) is 0 Å². The largest absolute Gasteiger partial charge is 0.493 e. The standard InChI is InChI=1S/C41H31N5O.4BrH/c1-2-7-35-26(5-1)10-17-36-38-25-39-37(27-8-15-34(16-9-27)47-20-18-28-6-3-4-19-42-28)23-33(45-39)22-31-12-11-29(43-31)21-30-13-14-32(44-30)24-40(46-38)41(35)36;;;;/h1-17,19,21-25,43-46H,18,20H2;4*1H. The number of nitrogens with zero attached hydrogens (tertiary/aromatic N) is 1. The van der Waals surface area contributed by atoms with Crippen LogP contribution < -0.4 is 26.1 Å². The maximum absolute atomic E-state index is 6.07. The number of pyridine rings is 1. The van der Waals surface area contributed by atoms with Crippen molar-refractivity contribution in [3.05, 3.63) is 165 Å². The van der Waals surface area contributed by atoms with Gasteiger partial charge in [0.1, 0.15) is 5.75 Å². The van der Waals surface area contributed by atoms with Gasteiger partial charge in [-0.05, 0) is 95.2 Å². The third-order valence-electron chi connectivity index (χ3n) is 8.82. The Morgan fingerprint density at radius 3 is 2.08 bits per heavy atom. The molecule has 6 heterocycles. The van der Waals surface area contributed by atoms with Gasteiger partial charge in [-0.3, -0.25) is 4.98 Å². The van der Waals surface area contributed by atoms with Crippen LogP contribution in [0.3, 0.4) is 0 Å². The van der Waals surface area contributed by atoms with Crippen LogP contribution >= 0.6 is 67.9 Å². The first-order valence-corrected chi connectivity index (χ1v) is 15.9. The highest BCUT2D eigenvalue weighted by Gasteiger charge is 2.12. The van der Waals surface area contributed by atoms with Crippen LogP contribution in [-0.4, -0.2) is 31.5 Å². The summed E-state index contributed by atoms with van der Waals surface area (Å²) >= 11 is 0. The van der Waals surface area contributed by atoms with E-state index in [4.69, 9.17) is 4.74 Å². The minimum atomic E-state index is 0. The van der Waals surface area contributed by atoms with Crippen molar-refractivity contribution in [3.63, 3.8) is 0 Å². The maximum atomic E-state index is 6.07. The number of hydrogen-bond acceptors (Lipinski definition) is 2. The average molecular weight is 933 g/mol. The van der Waals surface area contributed by atoms with E-state index >= 15 is 0 Å². The molecule has 0 saturated heterocycles. The van der Waals surface area contributed by atoms with Gasteiger partial charge in [-0.2, -0.15) is 0 Å². The molecule has 0 spiro atoms. The predicted octanol–water partition coefficient (Wildman–Crippen LogP) is 7.93. The highest BCUT2D eigenvalue weighted by Crippen LogP contribution is 2.28. The van der Waals surface area contributed by atoms with Crippen molar-refractivity contribution in [2.24, 2.45) is 0 Å². The quantitative estimate of drug-likeness (QED) is 0.142. The van der Waals surface area contributed by atoms with Crippen molar-refractivity contribution in [1.29, 1.82) is 0 Å². The van der Waals surface area contributed by atoms with Crippen LogP contribution in [-0.2, 0) is 6.42 Å². The highest BCUT2D eigenvalue weighted by atomic mass is 79.9. The summed E-state index contributed by atoms with van der Waals surface area (Å²) in [5.41, 5.74) is 7.36. The van der Waals surface area contributed by atoms with Gasteiger partial charge in [-0.15, -0.1) is 67.9 Å². The third kappa shape index (κ3) is 7.79. The Morgan fingerprint density at radius 2 is 1.29 bits per heavy atom. The molecular formula is C41H35Br4N5O. The lowest BCUT2D eigenvalue weighted by atomic mass is 10.0. The number of aromatic nitrogens is 5. The van der Waals surface area contributed by atoms with E-state index in [0.29, 0.717) is 6.61 Å². The highest BCUT2D eigenvalue weighted by molar-refractivity contribution is 8.93. The number of fused-ring (bicyclic) bond motifs is 13. The van der Waals surface area contributed by atoms with Gasteiger partial charge in [0.15, 0.2) is 0 Å². The minimum Gasteiger partial charge on any atom is -0.493 e. The molecule has 9 rings (SSSR count). The zero-order chi connectivity index (χ0) is 31.2. The molecule has 8 aromatic rings. The van der Waals surface area contributed by atoms with Crippen molar-refractivity contribution in [2.45, 2.75) is 6.42 Å². The zero-order valence-corrected chi connectivity index (χ0v) is 34.0. The Kier molecular flexibility index (Phi) is 12.1. The topological polar surface area (TPSA) is 85.3 Å². The lowest BCUT2D eigenvalue weighted by Gasteiger charge is -2.07. The van der Waals surface area contributed by atoms with E-state index in [1.807, 2.05) is 36.5 Å². The summed E-state index contributed by atoms with van der Waals surface area (Å²) in [7, 11) is 0. The van der Waals surface area contributed by atoms with E-state index in [0.717, 1.165) is 73.2 Å². The lowest BCUT2D eigenvalue weighted by Crippen LogP contribution is -2.11. The fourth-order valence-electron chi connectivity index (χ4n) is 6.59. The van der Waals surface area contributed by atoms with Crippen LogP contribution in [0.15, 0.2) is 115 Å². The number of H-pyrrole nitrogens is 4. The Hall–Kier alpha value is -4.35. The van der Waals surface area contributed by atoms with Gasteiger partial charge in [0, 0.05) is 78.8 Å². The van der Waals surface area contributed by atoms with Gasteiger partial charge in [-0.25, -0.2) is 0 Å². The Balaban J connectivity index is 0.00000126. The van der Waals surface area contributed by atoms with E-state index in [2.05, 4.69) is 128 Å². The SMILES string of the molecule is Br.Br.Br.Br.C1=c2ccc([nH]2)=Cc2cc(-c3ccc(OCCc4ccccn4)cc3)c([nH]2)C=c2[nH]c(c3c2ccc2ccccc23)=Cc2ccc1[nH]2. The summed E-state index contributed by atoms with van der Waals surface area (Å²) in [4.78, 5) is 19.0. The summed E-state index contributed by atoms with van der Waals surface area (Å²) in [6.45, 7) is 0.575. The van der Waals surface area contributed by atoms with E-state index < -0.39 is 0 Å². The molecule has 0 saturated carbocycles. The first-order chi connectivity index (χ1) is 23.2. The van der Waals surface area contributed by atoms with Crippen LogP contribution in [0.4, 0.5) is 0 Å².